The molecule has 0 fully saturated rings. The minimum atomic E-state index is -0.384. The minimum Gasteiger partial charge on any atom is -0.410 e. The number of carbonyl (C=O) groups excluding carboxylic acids is 1. The van der Waals surface area contributed by atoms with E-state index in [1.165, 1.54) is 21.8 Å². The molecule has 0 aliphatic heterocycles. The van der Waals surface area contributed by atoms with Gasteiger partial charge in [0, 0.05) is 11.9 Å². The van der Waals surface area contributed by atoms with E-state index in [2.05, 4.69) is 46.8 Å². The molecule has 3 nitrogen and oxygen atoms in total. The Kier molecular flexibility index (Phi) is 6.17. The summed E-state index contributed by atoms with van der Waals surface area (Å²) in [5.41, 5.74) is 2.54. The summed E-state index contributed by atoms with van der Waals surface area (Å²) in [6.45, 7) is 10.8. The molecule has 4 heteroatoms. The third-order valence-corrected chi connectivity index (χ3v) is 4.86. The molecule has 0 saturated carbocycles. The molecule has 2 aromatic rings. The molecule has 0 atom stereocenters. The SMILES string of the molecule is CC(C)c1cccc(OC(=O)N(C)Sc2ccc(C(C)(C)C)cc2)c1. The second-order valence-electron chi connectivity index (χ2n) is 7.46. The predicted octanol–water partition coefficient (Wildman–Crippen LogP) is 6.25. The van der Waals surface area contributed by atoms with Crippen molar-refractivity contribution in [2.45, 2.75) is 50.8 Å². The average molecular weight is 358 g/mol. The normalized spacial score (nSPS) is 11.5. The van der Waals surface area contributed by atoms with Gasteiger partial charge in [-0.3, -0.25) is 0 Å². The number of hydrogen-bond donors (Lipinski definition) is 0. The Morgan fingerprint density at radius 1 is 1.08 bits per heavy atom. The summed E-state index contributed by atoms with van der Waals surface area (Å²) in [5, 5.41) is 0. The van der Waals surface area contributed by atoms with Crippen molar-refractivity contribution in [3.63, 3.8) is 0 Å². The monoisotopic (exact) mass is 357 g/mol. The molecule has 0 bridgehead atoms. The molecule has 0 saturated heterocycles. The summed E-state index contributed by atoms with van der Waals surface area (Å²) in [7, 11) is 1.72. The Bertz CT molecular complexity index is 717. The van der Waals surface area contributed by atoms with Gasteiger partial charge in [0.25, 0.3) is 0 Å². The fourth-order valence-corrected chi connectivity index (χ4v) is 3.00. The van der Waals surface area contributed by atoms with Crippen LogP contribution in [0.3, 0.4) is 0 Å². The van der Waals surface area contributed by atoms with Crippen LogP contribution in [0.25, 0.3) is 0 Å². The van der Waals surface area contributed by atoms with Crippen LogP contribution in [0.2, 0.25) is 0 Å². The molecule has 25 heavy (non-hydrogen) atoms. The first-order chi connectivity index (χ1) is 11.7. The molecule has 0 unspecified atom stereocenters. The number of ether oxygens (including phenoxy) is 1. The average Bonchev–Trinajstić information content (AvgIpc) is 2.54. The maximum absolute atomic E-state index is 12.3. The first kappa shape index (κ1) is 19.4. The van der Waals surface area contributed by atoms with Crippen molar-refractivity contribution in [2.75, 3.05) is 7.05 Å². The highest BCUT2D eigenvalue weighted by Crippen LogP contribution is 2.28. The van der Waals surface area contributed by atoms with E-state index in [1.54, 1.807) is 13.1 Å². The number of amides is 1. The molecular weight excluding hydrogens is 330 g/mol. The van der Waals surface area contributed by atoms with Crippen LogP contribution in [0.5, 0.6) is 5.75 Å². The summed E-state index contributed by atoms with van der Waals surface area (Å²) < 4.78 is 6.99. The molecule has 0 aliphatic carbocycles. The van der Waals surface area contributed by atoms with E-state index in [-0.39, 0.29) is 11.5 Å². The Labute approximate surface area is 155 Å². The van der Waals surface area contributed by atoms with E-state index in [0.717, 1.165) is 10.5 Å². The lowest BCUT2D eigenvalue weighted by Crippen LogP contribution is -2.23. The summed E-state index contributed by atoms with van der Waals surface area (Å²) in [4.78, 5) is 13.3. The molecule has 134 valence electrons. The first-order valence-corrected chi connectivity index (χ1v) is 9.28. The summed E-state index contributed by atoms with van der Waals surface area (Å²) in [6, 6.07) is 16.0. The number of hydrogen-bond acceptors (Lipinski definition) is 3. The second-order valence-corrected chi connectivity index (χ2v) is 8.66. The van der Waals surface area contributed by atoms with Gasteiger partial charge in [-0.15, -0.1) is 0 Å². The summed E-state index contributed by atoms with van der Waals surface area (Å²) in [5.74, 6) is 0.971. The highest BCUT2D eigenvalue weighted by molar-refractivity contribution is 7.97. The highest BCUT2D eigenvalue weighted by Gasteiger charge is 2.16. The molecule has 0 aromatic heterocycles. The fourth-order valence-electron chi connectivity index (χ4n) is 2.31. The predicted molar refractivity (Wildman–Crippen MR) is 105 cm³/mol. The lowest BCUT2D eigenvalue weighted by Gasteiger charge is -2.20. The van der Waals surface area contributed by atoms with E-state index >= 15 is 0 Å². The van der Waals surface area contributed by atoms with Crippen LogP contribution in [-0.4, -0.2) is 17.4 Å². The smallest absolute Gasteiger partial charge is 0.410 e. The zero-order valence-corrected chi connectivity index (χ0v) is 16.7. The molecule has 0 spiro atoms. The molecule has 0 N–H and O–H groups in total. The quantitative estimate of drug-likeness (QED) is 0.606. The Balaban J connectivity index is 1.99. The van der Waals surface area contributed by atoms with Crippen molar-refractivity contribution < 1.29 is 9.53 Å². The number of carbonyl (C=O) groups is 1. The van der Waals surface area contributed by atoms with Gasteiger partial charge < -0.3 is 4.74 Å². The van der Waals surface area contributed by atoms with Crippen molar-refractivity contribution in [1.29, 1.82) is 0 Å². The van der Waals surface area contributed by atoms with Gasteiger partial charge in [0.15, 0.2) is 0 Å². The fraction of sp³-hybridized carbons (Fsp3) is 0.381. The van der Waals surface area contributed by atoms with Gasteiger partial charge in [-0.05, 0) is 58.7 Å². The summed E-state index contributed by atoms with van der Waals surface area (Å²) in [6.07, 6.45) is -0.384. The molecule has 1 amide bonds. The minimum absolute atomic E-state index is 0.120. The lowest BCUT2D eigenvalue weighted by molar-refractivity contribution is 0.187. The summed E-state index contributed by atoms with van der Waals surface area (Å²) >= 11 is 1.36. The number of nitrogens with zero attached hydrogens (tertiary/aromatic N) is 1. The van der Waals surface area contributed by atoms with Crippen LogP contribution < -0.4 is 4.74 Å². The van der Waals surface area contributed by atoms with E-state index in [9.17, 15) is 4.79 Å². The van der Waals surface area contributed by atoms with Gasteiger partial charge in [0.1, 0.15) is 5.75 Å². The highest BCUT2D eigenvalue weighted by atomic mass is 32.2. The lowest BCUT2D eigenvalue weighted by atomic mass is 9.87. The van der Waals surface area contributed by atoms with Gasteiger partial charge in [0.05, 0.1) is 0 Å². The van der Waals surface area contributed by atoms with Gasteiger partial charge in [0.2, 0.25) is 0 Å². The zero-order valence-electron chi connectivity index (χ0n) is 15.9. The maximum atomic E-state index is 12.3. The van der Waals surface area contributed by atoms with Crippen LogP contribution in [0.1, 0.15) is 51.7 Å². The van der Waals surface area contributed by atoms with E-state index < -0.39 is 0 Å². The molecular formula is C21H27NO2S. The number of benzene rings is 2. The molecule has 0 heterocycles. The molecule has 2 rings (SSSR count). The Morgan fingerprint density at radius 3 is 2.28 bits per heavy atom. The van der Waals surface area contributed by atoms with E-state index in [1.807, 2.05) is 30.3 Å². The van der Waals surface area contributed by atoms with Crippen LogP contribution in [0.4, 0.5) is 4.79 Å². The van der Waals surface area contributed by atoms with Gasteiger partial charge in [-0.2, -0.15) is 0 Å². The van der Waals surface area contributed by atoms with Gasteiger partial charge in [-0.25, -0.2) is 9.10 Å². The van der Waals surface area contributed by atoms with Crippen LogP contribution in [0.15, 0.2) is 53.4 Å². The van der Waals surface area contributed by atoms with Crippen molar-refractivity contribution in [1.82, 2.24) is 4.31 Å². The molecule has 0 aliphatic rings. The standard InChI is InChI=1S/C21H27NO2S/c1-15(2)16-8-7-9-18(14-16)24-20(23)22(6)25-19-12-10-17(11-13-19)21(3,4)5/h7-15H,1-6H3. The van der Waals surface area contributed by atoms with Crippen LogP contribution >= 0.6 is 11.9 Å². The third-order valence-electron chi connectivity index (χ3n) is 3.95. The van der Waals surface area contributed by atoms with Crippen LogP contribution in [0, 0.1) is 0 Å². The third kappa shape index (κ3) is 5.53. The largest absolute Gasteiger partial charge is 0.425 e. The molecule has 0 radical (unpaired) electrons. The Morgan fingerprint density at radius 2 is 1.72 bits per heavy atom. The zero-order chi connectivity index (χ0) is 18.6. The Hall–Kier alpha value is -1.94. The van der Waals surface area contributed by atoms with E-state index in [0.29, 0.717) is 11.7 Å². The number of rotatable bonds is 4. The maximum Gasteiger partial charge on any atom is 0.425 e. The van der Waals surface area contributed by atoms with Crippen molar-refractivity contribution >= 4 is 18.0 Å². The van der Waals surface area contributed by atoms with Gasteiger partial charge in [-0.1, -0.05) is 58.9 Å². The molecule has 2 aromatic carbocycles. The van der Waals surface area contributed by atoms with Gasteiger partial charge >= 0.3 is 6.09 Å². The van der Waals surface area contributed by atoms with Crippen molar-refractivity contribution in [3.8, 4) is 5.75 Å². The second kappa shape index (κ2) is 7.96. The van der Waals surface area contributed by atoms with Crippen molar-refractivity contribution in [2.24, 2.45) is 0 Å². The first-order valence-electron chi connectivity index (χ1n) is 8.51. The van der Waals surface area contributed by atoms with E-state index in [4.69, 9.17) is 4.74 Å². The topological polar surface area (TPSA) is 29.5 Å². The van der Waals surface area contributed by atoms with Crippen LogP contribution in [-0.2, 0) is 5.41 Å². The van der Waals surface area contributed by atoms with Crippen molar-refractivity contribution in [3.05, 3.63) is 59.7 Å².